The monoisotopic (exact) mass is 154 g/mol. The maximum absolute atomic E-state index is 11.0. The highest BCUT2D eigenvalue weighted by Gasteiger charge is 2.16. The second-order valence-corrected chi connectivity index (χ2v) is 2.93. The Kier molecular flexibility index (Phi) is 3.08. The maximum atomic E-state index is 11.0. The predicted molar refractivity (Wildman–Crippen MR) is 40.7 cm³/mol. The molecule has 1 aliphatic carbocycles. The average molecular weight is 154 g/mol. The molecule has 3 heteroatoms. The van der Waals surface area contributed by atoms with E-state index in [0.29, 0.717) is 12.8 Å². The van der Waals surface area contributed by atoms with E-state index < -0.39 is 0 Å². The molecule has 0 aromatic carbocycles. The van der Waals surface area contributed by atoms with Crippen molar-refractivity contribution >= 4 is 12.2 Å². The molecule has 0 aromatic heterocycles. The van der Waals surface area contributed by atoms with Crippen LogP contribution in [0.4, 0.5) is 0 Å². The first-order chi connectivity index (χ1) is 5.33. The molecule has 1 N–H and O–H groups in total. The summed E-state index contributed by atoms with van der Waals surface area (Å²) in [6, 6.07) is 0.0440. The highest BCUT2D eigenvalue weighted by atomic mass is 16.1. The zero-order valence-corrected chi connectivity index (χ0v) is 6.43. The quantitative estimate of drug-likeness (QED) is 0.466. The zero-order chi connectivity index (χ0) is 8.10. The van der Waals surface area contributed by atoms with Gasteiger partial charge in [-0.3, -0.25) is 9.59 Å². The van der Waals surface area contributed by atoms with Crippen molar-refractivity contribution in [2.24, 2.45) is 0 Å². The van der Waals surface area contributed by atoms with E-state index in [4.69, 9.17) is 0 Å². The Morgan fingerprint density at radius 3 is 3.00 bits per heavy atom. The third-order valence-electron chi connectivity index (χ3n) is 2.00. The van der Waals surface area contributed by atoms with Gasteiger partial charge < -0.3 is 5.32 Å². The van der Waals surface area contributed by atoms with E-state index in [1.807, 2.05) is 0 Å². The van der Waals surface area contributed by atoms with E-state index in [1.165, 1.54) is 0 Å². The van der Waals surface area contributed by atoms with Crippen molar-refractivity contribution < 1.29 is 9.59 Å². The van der Waals surface area contributed by atoms with Crippen molar-refractivity contribution in [2.45, 2.75) is 38.1 Å². The largest absolute Gasteiger partial charge is 0.345 e. The summed E-state index contributed by atoms with van der Waals surface area (Å²) in [5.74, 6) is 0.259. The average Bonchev–Trinajstić information content (AvgIpc) is 2.15. The number of hydrogen-bond donors (Lipinski definition) is 1. The van der Waals surface area contributed by atoms with Crippen LogP contribution in [0, 0.1) is 0 Å². The van der Waals surface area contributed by atoms with Gasteiger partial charge in [0, 0.05) is 18.9 Å². The third-order valence-corrected chi connectivity index (χ3v) is 2.00. The highest BCUT2D eigenvalue weighted by molar-refractivity contribution is 5.79. The van der Waals surface area contributed by atoms with Crippen LogP contribution >= 0.6 is 0 Å². The SMILES string of the molecule is O=[C]NC1CCCCC(=O)C1. The molecule has 1 atom stereocenters. The number of rotatable bonds is 2. The number of amides is 1. The Hall–Kier alpha value is -0.860. The van der Waals surface area contributed by atoms with E-state index >= 15 is 0 Å². The van der Waals surface area contributed by atoms with E-state index in [-0.39, 0.29) is 11.8 Å². The van der Waals surface area contributed by atoms with Gasteiger partial charge >= 0.3 is 6.41 Å². The number of nitrogens with one attached hydrogen (secondary N) is 1. The molecule has 0 bridgehead atoms. The van der Waals surface area contributed by atoms with Crippen LogP contribution in [-0.4, -0.2) is 18.2 Å². The third kappa shape index (κ3) is 2.70. The minimum Gasteiger partial charge on any atom is -0.345 e. The van der Waals surface area contributed by atoms with Crippen LogP contribution in [0.3, 0.4) is 0 Å². The van der Waals surface area contributed by atoms with Crippen LogP contribution < -0.4 is 5.32 Å². The first kappa shape index (κ1) is 8.24. The Morgan fingerprint density at radius 1 is 1.45 bits per heavy atom. The fourth-order valence-corrected chi connectivity index (χ4v) is 1.40. The summed E-state index contributed by atoms with van der Waals surface area (Å²) in [6.07, 6.45) is 5.73. The predicted octanol–water partition coefficient (Wildman–Crippen LogP) is 0.545. The molecule has 0 spiro atoms. The molecule has 0 heterocycles. The molecular weight excluding hydrogens is 142 g/mol. The van der Waals surface area contributed by atoms with Crippen LogP contribution in [0.15, 0.2) is 0 Å². The second kappa shape index (κ2) is 4.11. The number of ketones is 1. The summed E-state index contributed by atoms with van der Waals surface area (Å²) >= 11 is 0. The molecule has 0 aromatic rings. The molecule has 1 rings (SSSR count). The van der Waals surface area contributed by atoms with Gasteiger partial charge in [-0.05, 0) is 12.8 Å². The Morgan fingerprint density at radius 2 is 2.27 bits per heavy atom. The first-order valence-corrected chi connectivity index (χ1v) is 3.97. The summed E-state index contributed by atoms with van der Waals surface area (Å²) in [6.45, 7) is 0. The molecule has 1 radical (unpaired) electrons. The van der Waals surface area contributed by atoms with E-state index in [1.54, 1.807) is 6.41 Å². The van der Waals surface area contributed by atoms with Gasteiger partial charge in [0.05, 0.1) is 0 Å². The van der Waals surface area contributed by atoms with Gasteiger partial charge in [-0.15, -0.1) is 0 Å². The molecule has 1 fully saturated rings. The molecule has 1 amide bonds. The molecule has 3 nitrogen and oxygen atoms in total. The zero-order valence-electron chi connectivity index (χ0n) is 6.43. The summed E-state index contributed by atoms with van der Waals surface area (Å²) in [4.78, 5) is 20.9. The molecule has 1 aliphatic rings. The van der Waals surface area contributed by atoms with Gasteiger partial charge in [0.25, 0.3) is 0 Å². The van der Waals surface area contributed by atoms with Gasteiger partial charge in [-0.1, -0.05) is 6.42 Å². The normalized spacial score (nSPS) is 25.8. The number of carbonyl (C=O) groups excluding carboxylic acids is 2. The Bertz CT molecular complexity index is 156. The lowest BCUT2D eigenvalue weighted by atomic mass is 10.1. The van der Waals surface area contributed by atoms with Gasteiger partial charge in [0.1, 0.15) is 5.78 Å². The summed E-state index contributed by atoms with van der Waals surface area (Å²) in [7, 11) is 0. The molecule has 0 aliphatic heterocycles. The Labute approximate surface area is 66.2 Å². The molecule has 1 unspecified atom stereocenters. The lowest BCUT2D eigenvalue weighted by molar-refractivity contribution is -0.119. The minimum absolute atomic E-state index is 0.0440. The summed E-state index contributed by atoms with van der Waals surface area (Å²) in [5, 5.41) is 2.53. The molecule has 61 valence electrons. The van der Waals surface area contributed by atoms with Gasteiger partial charge in [-0.25, -0.2) is 0 Å². The van der Waals surface area contributed by atoms with Crippen LogP contribution in [0.5, 0.6) is 0 Å². The first-order valence-electron chi connectivity index (χ1n) is 3.97. The fourth-order valence-electron chi connectivity index (χ4n) is 1.40. The van der Waals surface area contributed by atoms with Gasteiger partial charge in [0.2, 0.25) is 0 Å². The topological polar surface area (TPSA) is 46.2 Å². The Balaban J connectivity index is 2.38. The second-order valence-electron chi connectivity index (χ2n) is 2.93. The van der Waals surface area contributed by atoms with Crippen molar-refractivity contribution in [1.82, 2.24) is 5.32 Å². The lowest BCUT2D eigenvalue weighted by Gasteiger charge is -2.09. The number of hydrogen-bond acceptors (Lipinski definition) is 2. The minimum atomic E-state index is 0.0440. The summed E-state index contributed by atoms with van der Waals surface area (Å²) < 4.78 is 0. The standard InChI is InChI=1S/C8H12NO2/c10-6-9-7-3-1-2-4-8(11)5-7/h7H,1-5H2,(H,9,10). The van der Waals surface area contributed by atoms with E-state index in [9.17, 15) is 9.59 Å². The fraction of sp³-hybridized carbons (Fsp3) is 0.750. The van der Waals surface area contributed by atoms with Crippen LogP contribution in [0.25, 0.3) is 0 Å². The van der Waals surface area contributed by atoms with Crippen LogP contribution in [0.2, 0.25) is 0 Å². The van der Waals surface area contributed by atoms with Crippen molar-refractivity contribution in [3.8, 4) is 0 Å². The highest BCUT2D eigenvalue weighted by Crippen LogP contribution is 2.13. The van der Waals surface area contributed by atoms with E-state index in [0.717, 1.165) is 19.3 Å². The molecule has 0 saturated heterocycles. The van der Waals surface area contributed by atoms with Crippen molar-refractivity contribution in [3.05, 3.63) is 0 Å². The van der Waals surface area contributed by atoms with Crippen molar-refractivity contribution in [2.75, 3.05) is 0 Å². The van der Waals surface area contributed by atoms with Crippen LogP contribution in [-0.2, 0) is 9.59 Å². The molecule has 11 heavy (non-hydrogen) atoms. The van der Waals surface area contributed by atoms with Gasteiger partial charge in [-0.2, -0.15) is 0 Å². The number of carbonyl (C=O) groups is 1. The summed E-state index contributed by atoms with van der Waals surface area (Å²) in [5.41, 5.74) is 0. The van der Waals surface area contributed by atoms with Crippen molar-refractivity contribution in [1.29, 1.82) is 0 Å². The van der Waals surface area contributed by atoms with Crippen LogP contribution in [0.1, 0.15) is 32.1 Å². The van der Waals surface area contributed by atoms with Crippen molar-refractivity contribution in [3.63, 3.8) is 0 Å². The van der Waals surface area contributed by atoms with E-state index in [2.05, 4.69) is 5.32 Å². The maximum Gasteiger partial charge on any atom is 0.309 e. The number of Topliss-reactive ketones (excluding diaryl/α,β-unsaturated/α-hetero) is 1. The molecular formula is C8H12NO2. The lowest BCUT2D eigenvalue weighted by Crippen LogP contribution is -2.28. The van der Waals surface area contributed by atoms with Gasteiger partial charge in [0.15, 0.2) is 0 Å². The molecule has 1 saturated carbocycles. The smallest absolute Gasteiger partial charge is 0.309 e.